The fourth-order valence-corrected chi connectivity index (χ4v) is 6.77. The van der Waals surface area contributed by atoms with Gasteiger partial charge in [-0.25, -0.2) is 9.79 Å². The SMILES string of the molecule is CCOC(=O)C1=C(C)N=c2s/c(=C\c3cc(Cl)c(OCc4cccc([N+](=O)[O-])c4)c(OCC)c3)c(=O)n2[C@@H]1c1ccc(OC(C)C)c(OC)c1. The quantitative estimate of drug-likeness (QED) is 0.0905. The number of ether oxygens (including phenoxy) is 5. The summed E-state index contributed by atoms with van der Waals surface area (Å²) in [6.45, 7) is 9.50. The molecule has 1 aliphatic rings. The Balaban J connectivity index is 1.59. The number of rotatable bonds is 13. The van der Waals surface area contributed by atoms with E-state index in [1.165, 1.54) is 23.8 Å². The van der Waals surface area contributed by atoms with Crippen LogP contribution in [0.25, 0.3) is 6.08 Å². The van der Waals surface area contributed by atoms with E-state index in [0.717, 1.165) is 11.3 Å². The molecule has 2 heterocycles. The Bertz CT molecular complexity index is 2160. The number of nitrogens with zero attached hydrogens (tertiary/aromatic N) is 3. The molecule has 0 unspecified atom stereocenters. The van der Waals surface area contributed by atoms with Gasteiger partial charge in [-0.05, 0) is 81.7 Å². The second-order valence-corrected chi connectivity index (χ2v) is 12.8. The van der Waals surface area contributed by atoms with E-state index in [9.17, 15) is 19.7 Å². The molecule has 0 N–H and O–H groups in total. The van der Waals surface area contributed by atoms with Crippen molar-refractivity contribution < 1.29 is 33.4 Å². The lowest BCUT2D eigenvalue weighted by atomic mass is 9.95. The number of allylic oxidation sites excluding steroid dienone is 1. The Hall–Kier alpha value is -5.14. The number of carbonyl (C=O) groups is 1. The maximum atomic E-state index is 14.2. The summed E-state index contributed by atoms with van der Waals surface area (Å²) >= 11 is 7.86. The average molecular weight is 722 g/mol. The van der Waals surface area contributed by atoms with Crippen LogP contribution in [-0.4, -0.2) is 41.9 Å². The molecule has 14 heteroatoms. The zero-order valence-electron chi connectivity index (χ0n) is 28.4. The molecule has 0 bridgehead atoms. The molecule has 4 aromatic rings. The van der Waals surface area contributed by atoms with Gasteiger partial charge in [-0.3, -0.25) is 19.5 Å². The topological polar surface area (TPSA) is 141 Å². The summed E-state index contributed by atoms with van der Waals surface area (Å²) in [4.78, 5) is 43.3. The van der Waals surface area contributed by atoms with Crippen molar-refractivity contribution in [2.45, 2.75) is 53.4 Å². The molecule has 1 aliphatic heterocycles. The van der Waals surface area contributed by atoms with E-state index >= 15 is 0 Å². The first-order valence-corrected chi connectivity index (χ1v) is 17.0. The first kappa shape index (κ1) is 36.1. The molecular formula is C36H36ClN3O9S. The van der Waals surface area contributed by atoms with Crippen molar-refractivity contribution >= 4 is 40.7 Å². The van der Waals surface area contributed by atoms with Crippen LogP contribution in [0.3, 0.4) is 0 Å². The molecule has 0 fully saturated rings. The summed E-state index contributed by atoms with van der Waals surface area (Å²) in [5.41, 5.74) is 1.97. The lowest BCUT2D eigenvalue weighted by Gasteiger charge is -2.25. The van der Waals surface area contributed by atoms with Gasteiger partial charge in [0.1, 0.15) is 6.61 Å². The predicted octanol–water partition coefficient (Wildman–Crippen LogP) is 6.13. The summed E-state index contributed by atoms with van der Waals surface area (Å²) in [5.74, 6) is 0.979. The average Bonchev–Trinajstić information content (AvgIpc) is 3.37. The number of thiazole rings is 1. The van der Waals surface area contributed by atoms with Crippen molar-refractivity contribution in [1.29, 1.82) is 0 Å². The van der Waals surface area contributed by atoms with Gasteiger partial charge >= 0.3 is 5.97 Å². The van der Waals surface area contributed by atoms with Crippen LogP contribution in [0.1, 0.15) is 57.4 Å². The molecule has 0 aliphatic carbocycles. The van der Waals surface area contributed by atoms with Crippen molar-refractivity contribution in [1.82, 2.24) is 4.57 Å². The first-order valence-electron chi connectivity index (χ1n) is 15.8. The minimum atomic E-state index is -0.860. The Labute approximate surface area is 297 Å². The van der Waals surface area contributed by atoms with Gasteiger partial charge < -0.3 is 23.7 Å². The molecule has 0 amide bonds. The fraction of sp³-hybridized carbons (Fsp3) is 0.306. The van der Waals surface area contributed by atoms with Gasteiger partial charge in [0.05, 0.1) is 58.2 Å². The van der Waals surface area contributed by atoms with Crippen molar-refractivity contribution in [3.05, 3.63) is 117 Å². The summed E-state index contributed by atoms with van der Waals surface area (Å²) < 4.78 is 30.6. The summed E-state index contributed by atoms with van der Waals surface area (Å²) in [5, 5.41) is 11.4. The molecule has 0 spiro atoms. The van der Waals surface area contributed by atoms with Gasteiger partial charge in [-0.1, -0.05) is 41.1 Å². The Kier molecular flexibility index (Phi) is 11.3. The van der Waals surface area contributed by atoms with Gasteiger partial charge in [0.2, 0.25) is 0 Å². The van der Waals surface area contributed by atoms with Crippen molar-refractivity contribution in [2.24, 2.45) is 4.99 Å². The van der Waals surface area contributed by atoms with Crippen molar-refractivity contribution in [3.63, 3.8) is 0 Å². The van der Waals surface area contributed by atoms with E-state index < -0.39 is 16.9 Å². The highest BCUT2D eigenvalue weighted by molar-refractivity contribution is 7.07. The van der Waals surface area contributed by atoms with Crippen molar-refractivity contribution in [2.75, 3.05) is 20.3 Å². The summed E-state index contributed by atoms with van der Waals surface area (Å²) in [7, 11) is 1.52. The van der Waals surface area contributed by atoms with Gasteiger partial charge in [0, 0.05) is 12.1 Å². The van der Waals surface area contributed by atoms with E-state index in [-0.39, 0.29) is 46.9 Å². The van der Waals surface area contributed by atoms with Crippen LogP contribution in [0.4, 0.5) is 5.69 Å². The van der Waals surface area contributed by atoms with Gasteiger partial charge in [0.25, 0.3) is 11.2 Å². The molecule has 5 rings (SSSR count). The monoisotopic (exact) mass is 721 g/mol. The number of hydrogen-bond acceptors (Lipinski definition) is 11. The molecule has 1 atom stereocenters. The first-order chi connectivity index (χ1) is 23.9. The number of non-ortho nitro benzene ring substituents is 1. The summed E-state index contributed by atoms with van der Waals surface area (Å²) in [6.07, 6.45) is 1.57. The molecular weight excluding hydrogens is 686 g/mol. The van der Waals surface area contributed by atoms with E-state index in [1.807, 2.05) is 20.8 Å². The number of aromatic nitrogens is 1. The maximum Gasteiger partial charge on any atom is 0.338 e. The Morgan fingerprint density at radius 3 is 2.54 bits per heavy atom. The molecule has 50 heavy (non-hydrogen) atoms. The number of methoxy groups -OCH3 is 1. The molecule has 0 radical (unpaired) electrons. The summed E-state index contributed by atoms with van der Waals surface area (Å²) in [6, 6.07) is 13.9. The zero-order chi connectivity index (χ0) is 36.1. The van der Waals surface area contributed by atoms with Gasteiger partial charge in [0.15, 0.2) is 27.8 Å². The number of fused-ring (bicyclic) bond motifs is 1. The van der Waals surface area contributed by atoms with Crippen molar-refractivity contribution in [3.8, 4) is 23.0 Å². The minimum absolute atomic E-state index is 0.0108. The highest BCUT2D eigenvalue weighted by Crippen LogP contribution is 2.39. The van der Waals surface area contributed by atoms with E-state index in [0.29, 0.717) is 55.6 Å². The number of halogens is 1. The second kappa shape index (κ2) is 15.6. The van der Waals surface area contributed by atoms with Crippen LogP contribution in [0, 0.1) is 10.1 Å². The van der Waals surface area contributed by atoms with Crippen LogP contribution in [0.15, 0.2) is 75.7 Å². The highest BCUT2D eigenvalue weighted by Gasteiger charge is 2.34. The predicted molar refractivity (Wildman–Crippen MR) is 189 cm³/mol. The standard InChI is InChI=1S/C36H36ClN3O9S/c1-7-46-29-16-23(15-26(37)33(29)48-19-22-10-9-11-25(14-22)40(43)44)17-30-34(41)39-32(24-12-13-27(49-20(3)4)28(18-24)45-6)31(35(42)47-8-2)21(5)38-36(39)50-30/h9-18,20,32H,7-8,19H2,1-6H3/b30-17-/t32-/m1/s1. The fourth-order valence-electron chi connectivity index (χ4n) is 5.45. The lowest BCUT2D eigenvalue weighted by molar-refractivity contribution is -0.384. The third kappa shape index (κ3) is 7.68. The molecule has 262 valence electrons. The van der Waals surface area contributed by atoms with Crippen LogP contribution in [0.2, 0.25) is 5.02 Å². The molecule has 0 saturated heterocycles. The van der Waals surface area contributed by atoms with E-state index in [1.54, 1.807) is 62.4 Å². The molecule has 3 aromatic carbocycles. The molecule has 1 aromatic heterocycles. The number of esters is 1. The lowest BCUT2D eigenvalue weighted by Crippen LogP contribution is -2.40. The number of nitro groups is 1. The number of benzene rings is 3. The largest absolute Gasteiger partial charge is 0.493 e. The Morgan fingerprint density at radius 1 is 1.08 bits per heavy atom. The van der Waals surface area contributed by atoms with Crippen LogP contribution in [-0.2, 0) is 16.1 Å². The van der Waals surface area contributed by atoms with E-state index in [2.05, 4.69) is 4.99 Å². The zero-order valence-corrected chi connectivity index (χ0v) is 29.9. The smallest absolute Gasteiger partial charge is 0.338 e. The van der Waals surface area contributed by atoms with Gasteiger partial charge in [-0.2, -0.15) is 0 Å². The molecule has 12 nitrogen and oxygen atoms in total. The number of hydrogen-bond donors (Lipinski definition) is 0. The molecule has 0 saturated carbocycles. The van der Waals surface area contributed by atoms with Gasteiger partial charge in [-0.15, -0.1) is 0 Å². The second-order valence-electron chi connectivity index (χ2n) is 11.4. The maximum absolute atomic E-state index is 14.2. The highest BCUT2D eigenvalue weighted by atomic mass is 35.5. The third-order valence-electron chi connectivity index (χ3n) is 7.52. The number of carbonyl (C=O) groups excluding carboxylic acids is 1. The van der Waals surface area contributed by atoms with E-state index in [4.69, 9.17) is 35.3 Å². The third-order valence-corrected chi connectivity index (χ3v) is 8.78. The van der Waals surface area contributed by atoms with Crippen LogP contribution < -0.4 is 33.8 Å². The number of nitro benzene ring substituents is 1. The minimum Gasteiger partial charge on any atom is -0.493 e. The van der Waals surface area contributed by atoms with Crippen LogP contribution in [0.5, 0.6) is 23.0 Å². The normalized spacial score (nSPS) is 14.2. The Morgan fingerprint density at radius 2 is 1.86 bits per heavy atom. The van der Waals surface area contributed by atoms with Crippen LogP contribution >= 0.6 is 22.9 Å².